The van der Waals surface area contributed by atoms with Crippen molar-refractivity contribution in [1.29, 1.82) is 0 Å². The van der Waals surface area contributed by atoms with Gasteiger partial charge in [-0.1, -0.05) is 12.1 Å². The van der Waals surface area contributed by atoms with Gasteiger partial charge in [0.1, 0.15) is 18.2 Å². The highest BCUT2D eigenvalue weighted by molar-refractivity contribution is 5.94. The van der Waals surface area contributed by atoms with Gasteiger partial charge in [-0.15, -0.1) is 0 Å². The zero-order valence-electron chi connectivity index (χ0n) is 11.2. The zero-order valence-corrected chi connectivity index (χ0v) is 11.2. The first-order valence-corrected chi connectivity index (χ1v) is 6.14. The fourth-order valence-corrected chi connectivity index (χ4v) is 1.80. The summed E-state index contributed by atoms with van der Waals surface area (Å²) in [5.74, 6) is -0.763. The van der Waals surface area contributed by atoms with Gasteiger partial charge in [-0.3, -0.25) is 14.9 Å². The van der Waals surface area contributed by atoms with Crippen molar-refractivity contribution in [1.82, 2.24) is 0 Å². The van der Waals surface area contributed by atoms with E-state index in [2.05, 4.69) is 0 Å². The molecule has 108 valence electrons. The summed E-state index contributed by atoms with van der Waals surface area (Å²) in [6.07, 6.45) is 0. The molecule has 21 heavy (non-hydrogen) atoms. The normalized spacial score (nSPS) is 10.2. The number of hydrogen-bond donors (Lipinski definition) is 0. The Kier molecular flexibility index (Phi) is 4.27. The highest BCUT2D eigenvalue weighted by atomic mass is 19.1. The fourth-order valence-electron chi connectivity index (χ4n) is 1.80. The predicted octanol–water partition coefficient (Wildman–Crippen LogP) is 3.52. The summed E-state index contributed by atoms with van der Waals surface area (Å²) >= 11 is 0. The number of nitro groups is 1. The number of nitro benzene ring substituents is 1. The number of benzene rings is 2. The maximum atomic E-state index is 13.6. The molecule has 0 radical (unpaired) electrons. The Morgan fingerprint density at radius 2 is 2.05 bits per heavy atom. The molecule has 0 aliphatic heterocycles. The second-order valence-electron chi connectivity index (χ2n) is 4.41. The highest BCUT2D eigenvalue weighted by Gasteiger charge is 2.09. The molecule has 0 aliphatic rings. The van der Waals surface area contributed by atoms with Gasteiger partial charge < -0.3 is 4.74 Å². The third kappa shape index (κ3) is 3.62. The number of carbonyl (C=O) groups excluding carboxylic acids is 1. The van der Waals surface area contributed by atoms with E-state index in [9.17, 15) is 19.3 Å². The number of hydrogen-bond acceptors (Lipinski definition) is 4. The summed E-state index contributed by atoms with van der Waals surface area (Å²) < 4.78 is 19.0. The lowest BCUT2D eigenvalue weighted by Gasteiger charge is -2.07. The van der Waals surface area contributed by atoms with Crippen molar-refractivity contribution in [2.45, 2.75) is 13.5 Å². The molecular weight excluding hydrogens is 277 g/mol. The number of ether oxygens (including phenoxy) is 1. The number of ketones is 1. The smallest absolute Gasteiger partial charge is 0.269 e. The van der Waals surface area contributed by atoms with Crippen LogP contribution in [0.5, 0.6) is 5.75 Å². The molecule has 0 saturated heterocycles. The van der Waals surface area contributed by atoms with Crippen LogP contribution in [0.4, 0.5) is 10.1 Å². The van der Waals surface area contributed by atoms with Gasteiger partial charge in [0.05, 0.1) is 10.5 Å². The Bertz CT molecular complexity index is 700. The first-order valence-electron chi connectivity index (χ1n) is 6.14. The molecule has 0 fully saturated rings. The van der Waals surface area contributed by atoms with Gasteiger partial charge in [-0.05, 0) is 24.6 Å². The standard InChI is InChI=1S/C15H12FNO4/c1-10(18)14-6-5-13(8-15(14)16)21-9-11-3-2-4-12(7-11)17(19)20/h2-8H,9H2,1H3. The van der Waals surface area contributed by atoms with Crippen molar-refractivity contribution in [3.63, 3.8) is 0 Å². The first kappa shape index (κ1) is 14.6. The molecule has 2 rings (SSSR count). The van der Waals surface area contributed by atoms with Gasteiger partial charge >= 0.3 is 0 Å². The largest absolute Gasteiger partial charge is 0.489 e. The van der Waals surface area contributed by atoms with Crippen molar-refractivity contribution < 1.29 is 18.8 Å². The SMILES string of the molecule is CC(=O)c1ccc(OCc2cccc([N+](=O)[O-])c2)cc1F. The molecule has 0 heterocycles. The lowest BCUT2D eigenvalue weighted by atomic mass is 10.1. The van der Waals surface area contributed by atoms with Crippen molar-refractivity contribution in [2.24, 2.45) is 0 Å². The van der Waals surface area contributed by atoms with Crippen LogP contribution in [-0.4, -0.2) is 10.7 Å². The van der Waals surface area contributed by atoms with E-state index in [0.717, 1.165) is 6.07 Å². The van der Waals surface area contributed by atoms with Gasteiger partial charge in [-0.2, -0.15) is 0 Å². The number of nitrogens with zero attached hydrogens (tertiary/aromatic N) is 1. The number of carbonyl (C=O) groups is 1. The zero-order chi connectivity index (χ0) is 15.4. The van der Waals surface area contributed by atoms with Crippen LogP contribution in [0.1, 0.15) is 22.8 Å². The van der Waals surface area contributed by atoms with Crippen LogP contribution in [0.3, 0.4) is 0 Å². The van der Waals surface area contributed by atoms with Crippen LogP contribution < -0.4 is 4.74 Å². The van der Waals surface area contributed by atoms with Crippen LogP contribution in [0.15, 0.2) is 42.5 Å². The Labute approximate surface area is 120 Å². The highest BCUT2D eigenvalue weighted by Crippen LogP contribution is 2.19. The quantitative estimate of drug-likeness (QED) is 0.480. The van der Waals surface area contributed by atoms with Crippen molar-refractivity contribution >= 4 is 11.5 Å². The molecule has 0 aromatic heterocycles. The number of non-ortho nitro benzene ring substituents is 1. The lowest BCUT2D eigenvalue weighted by molar-refractivity contribution is -0.384. The van der Waals surface area contributed by atoms with E-state index in [-0.39, 0.29) is 29.4 Å². The van der Waals surface area contributed by atoms with Gasteiger partial charge in [0.2, 0.25) is 0 Å². The summed E-state index contributed by atoms with van der Waals surface area (Å²) in [4.78, 5) is 21.3. The van der Waals surface area contributed by atoms with Crippen LogP contribution in [0.2, 0.25) is 0 Å². The van der Waals surface area contributed by atoms with E-state index in [1.807, 2.05) is 0 Å². The van der Waals surface area contributed by atoms with Crippen molar-refractivity contribution in [2.75, 3.05) is 0 Å². The summed E-state index contributed by atoms with van der Waals surface area (Å²) in [5, 5.41) is 10.7. The van der Waals surface area contributed by atoms with Crippen molar-refractivity contribution in [3.8, 4) is 5.75 Å². The average molecular weight is 289 g/mol. The van der Waals surface area contributed by atoms with Gasteiger partial charge in [0.15, 0.2) is 5.78 Å². The molecular formula is C15H12FNO4. The minimum Gasteiger partial charge on any atom is -0.489 e. The third-order valence-electron chi connectivity index (χ3n) is 2.85. The summed E-state index contributed by atoms with van der Waals surface area (Å²) in [5.41, 5.74) is 0.562. The minimum atomic E-state index is -0.654. The summed E-state index contributed by atoms with van der Waals surface area (Å²) in [6.45, 7) is 1.35. The fraction of sp³-hybridized carbons (Fsp3) is 0.133. The molecule has 5 nitrogen and oxygen atoms in total. The molecule has 0 bridgehead atoms. The minimum absolute atomic E-state index is 0.00213. The molecule has 2 aromatic carbocycles. The van der Waals surface area contributed by atoms with E-state index >= 15 is 0 Å². The molecule has 0 spiro atoms. The molecule has 0 amide bonds. The number of Topliss-reactive ketones (excluding diaryl/α,β-unsaturated/α-hetero) is 1. The first-order chi connectivity index (χ1) is 9.97. The molecule has 2 aromatic rings. The molecule has 0 unspecified atom stereocenters. The molecule has 0 N–H and O–H groups in total. The van der Waals surface area contributed by atoms with Crippen LogP contribution in [-0.2, 0) is 6.61 Å². The summed E-state index contributed by atoms with van der Waals surface area (Å²) in [7, 11) is 0. The van der Waals surface area contributed by atoms with Gasteiger partial charge in [-0.25, -0.2) is 4.39 Å². The molecule has 6 heteroatoms. The predicted molar refractivity (Wildman–Crippen MR) is 73.8 cm³/mol. The second kappa shape index (κ2) is 6.13. The van der Waals surface area contributed by atoms with E-state index < -0.39 is 10.7 Å². The van der Waals surface area contributed by atoms with Crippen molar-refractivity contribution in [3.05, 3.63) is 69.5 Å². The summed E-state index contributed by atoms with van der Waals surface area (Å²) in [6, 6.07) is 9.94. The maximum Gasteiger partial charge on any atom is 0.269 e. The van der Waals surface area contributed by atoms with Gasteiger partial charge in [0.25, 0.3) is 5.69 Å². The Morgan fingerprint density at radius 1 is 1.29 bits per heavy atom. The Morgan fingerprint density at radius 3 is 2.67 bits per heavy atom. The van der Waals surface area contributed by atoms with E-state index in [1.54, 1.807) is 12.1 Å². The van der Waals surface area contributed by atoms with Gasteiger partial charge in [0, 0.05) is 18.2 Å². The second-order valence-corrected chi connectivity index (χ2v) is 4.41. The van der Waals surface area contributed by atoms with E-state index in [0.29, 0.717) is 5.56 Å². The van der Waals surface area contributed by atoms with Crippen LogP contribution in [0, 0.1) is 15.9 Å². The monoisotopic (exact) mass is 289 g/mol. The molecule has 0 aliphatic carbocycles. The number of halogens is 1. The third-order valence-corrected chi connectivity index (χ3v) is 2.85. The van der Waals surface area contributed by atoms with E-state index in [1.165, 1.54) is 31.2 Å². The Balaban J connectivity index is 2.10. The average Bonchev–Trinajstić information content (AvgIpc) is 2.45. The maximum absolute atomic E-state index is 13.6. The molecule has 0 saturated carbocycles. The lowest BCUT2D eigenvalue weighted by Crippen LogP contribution is -2.00. The van der Waals surface area contributed by atoms with Crippen LogP contribution >= 0.6 is 0 Å². The topological polar surface area (TPSA) is 69.4 Å². The van der Waals surface area contributed by atoms with Crippen LogP contribution in [0.25, 0.3) is 0 Å². The Hall–Kier alpha value is -2.76. The number of rotatable bonds is 5. The van der Waals surface area contributed by atoms with E-state index in [4.69, 9.17) is 4.74 Å². The molecule has 0 atom stereocenters.